The molecule has 8 nitrogen and oxygen atoms in total. The molecule has 5 rings (SSSR count). The molecular weight excluding hydrogens is 402 g/mol. The highest BCUT2D eigenvalue weighted by Crippen LogP contribution is 2.25. The first-order valence-corrected chi connectivity index (χ1v) is 10.9. The van der Waals surface area contributed by atoms with Crippen LogP contribution >= 0.6 is 0 Å². The van der Waals surface area contributed by atoms with Gasteiger partial charge in [0.2, 0.25) is 11.9 Å². The highest BCUT2D eigenvalue weighted by atomic mass is 16.1. The highest BCUT2D eigenvalue weighted by molar-refractivity contribution is 5.76. The zero-order valence-corrected chi connectivity index (χ0v) is 18.1. The van der Waals surface area contributed by atoms with E-state index in [0.29, 0.717) is 30.2 Å². The van der Waals surface area contributed by atoms with Crippen molar-refractivity contribution in [3.05, 3.63) is 82.1 Å². The van der Waals surface area contributed by atoms with Crippen LogP contribution in [0.3, 0.4) is 0 Å². The predicted octanol–water partition coefficient (Wildman–Crippen LogP) is 2.33. The summed E-state index contributed by atoms with van der Waals surface area (Å²) < 4.78 is 3.55. The van der Waals surface area contributed by atoms with Crippen LogP contribution in [0.25, 0.3) is 11.2 Å². The second kappa shape index (κ2) is 8.47. The molecule has 1 aliphatic heterocycles. The fraction of sp³-hybridized carbons (Fsp3) is 0.292. The summed E-state index contributed by atoms with van der Waals surface area (Å²) in [6, 6.07) is 20.2. The quantitative estimate of drug-likeness (QED) is 0.489. The molecule has 1 saturated heterocycles. The van der Waals surface area contributed by atoms with E-state index in [2.05, 4.69) is 22.3 Å². The first-order valence-electron chi connectivity index (χ1n) is 10.9. The standard InChI is InChI=1S/C24H27N7O/c1-29-22(32)20-21(27-23(29)26-14-17-8-4-2-5-9-17)28-24(30-13-12-19(25)16-30)31(20)15-18-10-6-3-7-11-18/h2-11,19H,12-16,25H2,1H3,(H,26,27). The highest BCUT2D eigenvalue weighted by Gasteiger charge is 2.27. The molecule has 1 unspecified atom stereocenters. The summed E-state index contributed by atoms with van der Waals surface area (Å²) >= 11 is 0. The molecule has 1 aliphatic rings. The third-order valence-electron chi connectivity index (χ3n) is 5.95. The fourth-order valence-electron chi connectivity index (χ4n) is 4.21. The molecule has 0 amide bonds. The number of imidazole rings is 1. The van der Waals surface area contributed by atoms with E-state index in [0.717, 1.165) is 36.6 Å². The maximum absolute atomic E-state index is 13.4. The third-order valence-corrected chi connectivity index (χ3v) is 5.95. The van der Waals surface area contributed by atoms with Gasteiger partial charge >= 0.3 is 0 Å². The number of nitrogens with two attached hydrogens (primary N) is 1. The van der Waals surface area contributed by atoms with Crippen LogP contribution in [0.4, 0.5) is 11.9 Å². The molecule has 32 heavy (non-hydrogen) atoms. The number of nitrogens with one attached hydrogen (secondary N) is 1. The van der Waals surface area contributed by atoms with Gasteiger partial charge in [-0.05, 0) is 17.5 Å². The number of benzene rings is 2. The fourth-order valence-corrected chi connectivity index (χ4v) is 4.21. The van der Waals surface area contributed by atoms with Crippen LogP contribution < -0.4 is 21.5 Å². The Balaban J connectivity index is 1.58. The molecule has 164 valence electrons. The van der Waals surface area contributed by atoms with Crippen molar-refractivity contribution in [1.29, 1.82) is 0 Å². The summed E-state index contributed by atoms with van der Waals surface area (Å²) in [5.41, 5.74) is 9.22. The largest absolute Gasteiger partial charge is 0.351 e. The molecule has 8 heteroatoms. The van der Waals surface area contributed by atoms with Gasteiger partial charge in [0.15, 0.2) is 11.2 Å². The lowest BCUT2D eigenvalue weighted by atomic mass is 10.2. The Morgan fingerprint density at radius 3 is 2.38 bits per heavy atom. The van der Waals surface area contributed by atoms with Crippen LogP contribution in [0.2, 0.25) is 0 Å². The second-order valence-electron chi connectivity index (χ2n) is 8.29. The lowest BCUT2D eigenvalue weighted by molar-refractivity contribution is 0.738. The zero-order valence-electron chi connectivity index (χ0n) is 18.1. The van der Waals surface area contributed by atoms with Gasteiger partial charge in [-0.3, -0.25) is 13.9 Å². The van der Waals surface area contributed by atoms with Gasteiger partial charge in [-0.25, -0.2) is 0 Å². The molecule has 1 atom stereocenters. The molecule has 3 heterocycles. The van der Waals surface area contributed by atoms with Crippen molar-refractivity contribution >= 4 is 23.1 Å². The normalized spacial score (nSPS) is 16.1. The minimum Gasteiger partial charge on any atom is -0.351 e. The third kappa shape index (κ3) is 3.85. The van der Waals surface area contributed by atoms with Gasteiger partial charge < -0.3 is 16.0 Å². The van der Waals surface area contributed by atoms with Gasteiger partial charge in [0.1, 0.15) is 0 Å². The number of fused-ring (bicyclic) bond motifs is 1. The lowest BCUT2D eigenvalue weighted by Crippen LogP contribution is -2.29. The molecule has 0 bridgehead atoms. The second-order valence-corrected chi connectivity index (χ2v) is 8.29. The molecule has 1 fully saturated rings. The topological polar surface area (TPSA) is 94.0 Å². The monoisotopic (exact) mass is 429 g/mol. The average Bonchev–Trinajstić information content (AvgIpc) is 3.40. The zero-order chi connectivity index (χ0) is 22.1. The van der Waals surface area contributed by atoms with Gasteiger partial charge in [0.05, 0.1) is 6.54 Å². The van der Waals surface area contributed by atoms with E-state index in [1.54, 1.807) is 11.6 Å². The van der Waals surface area contributed by atoms with Crippen molar-refractivity contribution in [1.82, 2.24) is 19.1 Å². The van der Waals surface area contributed by atoms with E-state index < -0.39 is 0 Å². The lowest BCUT2D eigenvalue weighted by Gasteiger charge is -2.19. The SMILES string of the molecule is Cn1c(NCc2ccccc2)nc2nc(N3CCC(N)C3)n(Cc3ccccc3)c2c1=O. The van der Waals surface area contributed by atoms with Crippen molar-refractivity contribution in [2.24, 2.45) is 12.8 Å². The molecule has 2 aromatic heterocycles. The number of hydrogen-bond acceptors (Lipinski definition) is 6. The van der Waals surface area contributed by atoms with Crippen molar-refractivity contribution in [3.8, 4) is 0 Å². The summed E-state index contributed by atoms with van der Waals surface area (Å²) in [6.45, 7) is 2.66. The predicted molar refractivity (Wildman–Crippen MR) is 127 cm³/mol. The van der Waals surface area contributed by atoms with E-state index in [1.807, 2.05) is 53.1 Å². The molecule has 4 aromatic rings. The summed E-state index contributed by atoms with van der Waals surface area (Å²) in [4.78, 5) is 25.1. The molecule has 0 spiro atoms. The van der Waals surface area contributed by atoms with Crippen LogP contribution in [0.1, 0.15) is 17.5 Å². The van der Waals surface area contributed by atoms with Crippen LogP contribution in [-0.4, -0.2) is 38.2 Å². The van der Waals surface area contributed by atoms with E-state index in [9.17, 15) is 4.79 Å². The molecule has 0 saturated carbocycles. The Morgan fingerprint density at radius 2 is 1.72 bits per heavy atom. The Hall–Kier alpha value is -3.65. The van der Waals surface area contributed by atoms with Crippen LogP contribution in [-0.2, 0) is 20.1 Å². The van der Waals surface area contributed by atoms with Crippen LogP contribution in [0.15, 0.2) is 65.5 Å². The average molecular weight is 430 g/mol. The number of nitrogens with zero attached hydrogens (tertiary/aromatic N) is 5. The van der Waals surface area contributed by atoms with Crippen molar-refractivity contribution in [2.75, 3.05) is 23.3 Å². The Kier molecular flexibility index (Phi) is 5.36. The minimum atomic E-state index is -0.122. The van der Waals surface area contributed by atoms with E-state index >= 15 is 0 Å². The number of anilines is 2. The summed E-state index contributed by atoms with van der Waals surface area (Å²) in [5, 5.41) is 3.29. The first-order chi connectivity index (χ1) is 15.6. The minimum absolute atomic E-state index is 0.110. The smallest absolute Gasteiger partial charge is 0.281 e. The van der Waals surface area contributed by atoms with E-state index in [4.69, 9.17) is 15.7 Å². The molecule has 0 aliphatic carbocycles. The maximum Gasteiger partial charge on any atom is 0.281 e. The number of rotatable bonds is 6. The first kappa shape index (κ1) is 20.3. The van der Waals surface area contributed by atoms with Crippen molar-refractivity contribution < 1.29 is 0 Å². The van der Waals surface area contributed by atoms with E-state index in [1.165, 1.54) is 0 Å². The van der Waals surface area contributed by atoms with Gasteiger partial charge in [0.25, 0.3) is 5.56 Å². The van der Waals surface area contributed by atoms with Crippen molar-refractivity contribution in [3.63, 3.8) is 0 Å². The van der Waals surface area contributed by atoms with Gasteiger partial charge in [0, 0.05) is 32.7 Å². The molecule has 2 aromatic carbocycles. The van der Waals surface area contributed by atoms with Crippen LogP contribution in [0, 0.1) is 0 Å². The Bertz CT molecular complexity index is 1280. The summed E-state index contributed by atoms with van der Waals surface area (Å²) in [7, 11) is 1.74. The maximum atomic E-state index is 13.4. The van der Waals surface area contributed by atoms with Crippen LogP contribution in [0.5, 0.6) is 0 Å². The Morgan fingerprint density at radius 1 is 1.03 bits per heavy atom. The summed E-state index contributed by atoms with van der Waals surface area (Å²) in [6.07, 6.45) is 0.907. The number of hydrogen-bond donors (Lipinski definition) is 2. The van der Waals surface area contributed by atoms with Gasteiger partial charge in [-0.15, -0.1) is 0 Å². The summed E-state index contributed by atoms with van der Waals surface area (Å²) in [5.74, 6) is 1.25. The number of aromatic nitrogens is 4. The van der Waals surface area contributed by atoms with E-state index in [-0.39, 0.29) is 11.6 Å². The van der Waals surface area contributed by atoms with Crippen molar-refractivity contribution in [2.45, 2.75) is 25.6 Å². The molecular formula is C24H27N7O. The van der Waals surface area contributed by atoms with Gasteiger partial charge in [-0.1, -0.05) is 60.7 Å². The molecule has 3 N–H and O–H groups in total. The molecule has 0 radical (unpaired) electrons. The Labute approximate surface area is 186 Å². The van der Waals surface area contributed by atoms with Gasteiger partial charge in [-0.2, -0.15) is 9.97 Å².